The Hall–Kier alpha value is -0.650. The van der Waals surface area contributed by atoms with Crippen molar-refractivity contribution in [2.75, 3.05) is 31.1 Å². The Kier molecular flexibility index (Phi) is 4.81. The molecule has 1 aromatic heterocycles. The van der Waals surface area contributed by atoms with Crippen LogP contribution in [-0.2, 0) is 17.7 Å². The standard InChI is InChI=1S/C14H25N3OS/c1-5-11-12(9-15-6-2)19-13(16-11)17-7-8-18-14(3,4)10-17/h15H,5-10H2,1-4H3. The largest absolute Gasteiger partial charge is 0.372 e. The van der Waals surface area contributed by atoms with Crippen LogP contribution in [0.3, 0.4) is 0 Å². The maximum atomic E-state index is 5.77. The molecule has 0 spiro atoms. The van der Waals surface area contributed by atoms with Gasteiger partial charge < -0.3 is 15.0 Å². The van der Waals surface area contributed by atoms with E-state index in [0.29, 0.717) is 0 Å². The third-order valence-corrected chi connectivity index (χ3v) is 4.49. The van der Waals surface area contributed by atoms with E-state index in [2.05, 4.69) is 37.9 Å². The van der Waals surface area contributed by atoms with Gasteiger partial charge in [0.1, 0.15) is 0 Å². The lowest BCUT2D eigenvalue weighted by atomic mass is 10.1. The summed E-state index contributed by atoms with van der Waals surface area (Å²) in [5.41, 5.74) is 1.17. The fourth-order valence-corrected chi connectivity index (χ4v) is 3.48. The van der Waals surface area contributed by atoms with Gasteiger partial charge in [-0.05, 0) is 26.8 Å². The van der Waals surface area contributed by atoms with Crippen molar-refractivity contribution >= 4 is 16.5 Å². The fraction of sp³-hybridized carbons (Fsp3) is 0.786. The molecular formula is C14H25N3OS. The highest BCUT2D eigenvalue weighted by Crippen LogP contribution is 2.30. The van der Waals surface area contributed by atoms with Crippen LogP contribution in [0.1, 0.15) is 38.3 Å². The number of rotatable bonds is 5. The molecule has 0 radical (unpaired) electrons. The zero-order chi connectivity index (χ0) is 13.9. The van der Waals surface area contributed by atoms with Crippen molar-refractivity contribution < 1.29 is 4.74 Å². The molecule has 1 aromatic rings. The number of hydrogen-bond acceptors (Lipinski definition) is 5. The lowest BCUT2D eigenvalue weighted by Crippen LogP contribution is -2.48. The highest BCUT2D eigenvalue weighted by atomic mass is 32.1. The van der Waals surface area contributed by atoms with Crippen molar-refractivity contribution in [3.05, 3.63) is 10.6 Å². The topological polar surface area (TPSA) is 37.4 Å². The van der Waals surface area contributed by atoms with Gasteiger partial charge in [-0.3, -0.25) is 0 Å². The molecule has 0 amide bonds. The molecule has 0 bridgehead atoms. The summed E-state index contributed by atoms with van der Waals surface area (Å²) < 4.78 is 5.77. The lowest BCUT2D eigenvalue weighted by molar-refractivity contribution is -0.0277. The van der Waals surface area contributed by atoms with E-state index in [4.69, 9.17) is 9.72 Å². The van der Waals surface area contributed by atoms with E-state index in [1.54, 1.807) is 0 Å². The molecule has 1 saturated heterocycles. The predicted octanol–water partition coefficient (Wildman–Crippen LogP) is 2.43. The Morgan fingerprint density at radius 3 is 2.84 bits per heavy atom. The van der Waals surface area contributed by atoms with E-state index >= 15 is 0 Å². The summed E-state index contributed by atoms with van der Waals surface area (Å²) in [6.07, 6.45) is 1.00. The Balaban J connectivity index is 2.13. The van der Waals surface area contributed by atoms with Crippen LogP contribution in [0.15, 0.2) is 0 Å². The highest BCUT2D eigenvalue weighted by Gasteiger charge is 2.29. The zero-order valence-electron chi connectivity index (χ0n) is 12.5. The van der Waals surface area contributed by atoms with Crippen molar-refractivity contribution in [2.24, 2.45) is 0 Å². The second-order valence-corrected chi connectivity index (χ2v) is 6.59. The van der Waals surface area contributed by atoms with Crippen molar-refractivity contribution in [3.8, 4) is 0 Å². The van der Waals surface area contributed by atoms with Crippen LogP contribution >= 0.6 is 11.3 Å². The Morgan fingerprint density at radius 2 is 2.21 bits per heavy atom. The summed E-state index contributed by atoms with van der Waals surface area (Å²) in [7, 11) is 0. The second-order valence-electron chi connectivity index (χ2n) is 5.53. The summed E-state index contributed by atoms with van der Waals surface area (Å²) in [4.78, 5) is 8.56. The number of hydrogen-bond donors (Lipinski definition) is 1. The predicted molar refractivity (Wildman–Crippen MR) is 81.1 cm³/mol. The van der Waals surface area contributed by atoms with Gasteiger partial charge in [0.05, 0.1) is 17.9 Å². The number of nitrogens with one attached hydrogen (secondary N) is 1. The first kappa shape index (κ1) is 14.8. The number of aryl methyl sites for hydroxylation is 1. The van der Waals surface area contributed by atoms with Crippen molar-refractivity contribution in [1.29, 1.82) is 0 Å². The fourth-order valence-electron chi connectivity index (χ4n) is 2.34. The smallest absolute Gasteiger partial charge is 0.186 e. The molecule has 0 atom stereocenters. The van der Waals surface area contributed by atoms with Gasteiger partial charge in [-0.1, -0.05) is 13.8 Å². The first-order chi connectivity index (χ1) is 9.05. The molecule has 2 heterocycles. The average Bonchev–Trinajstić information content (AvgIpc) is 2.78. The quantitative estimate of drug-likeness (QED) is 0.900. The van der Waals surface area contributed by atoms with E-state index in [1.165, 1.54) is 10.6 Å². The molecule has 1 aliphatic heterocycles. The summed E-state index contributed by atoms with van der Waals surface area (Å²) in [6, 6.07) is 0. The minimum absolute atomic E-state index is 0.0713. The van der Waals surface area contributed by atoms with E-state index in [1.807, 2.05) is 11.3 Å². The molecule has 0 unspecified atom stereocenters. The molecule has 1 fully saturated rings. The summed E-state index contributed by atoms with van der Waals surface area (Å²) >= 11 is 1.83. The van der Waals surface area contributed by atoms with Gasteiger partial charge in [-0.25, -0.2) is 4.98 Å². The van der Waals surface area contributed by atoms with Gasteiger partial charge in [-0.15, -0.1) is 11.3 Å². The SMILES string of the molecule is CCNCc1sc(N2CCOC(C)(C)C2)nc1CC. The molecule has 1 aliphatic rings. The van der Waals surface area contributed by atoms with Crippen molar-refractivity contribution in [3.63, 3.8) is 0 Å². The van der Waals surface area contributed by atoms with Gasteiger partial charge in [0.25, 0.3) is 0 Å². The van der Waals surface area contributed by atoms with Gasteiger partial charge in [0, 0.05) is 24.5 Å². The van der Waals surface area contributed by atoms with Crippen LogP contribution in [0.4, 0.5) is 5.13 Å². The summed E-state index contributed by atoms with van der Waals surface area (Å²) in [6.45, 7) is 13.2. The molecule has 2 rings (SSSR count). The molecule has 0 aliphatic carbocycles. The number of anilines is 1. The van der Waals surface area contributed by atoms with Crippen molar-refractivity contribution in [2.45, 2.75) is 46.3 Å². The number of thiazole rings is 1. The monoisotopic (exact) mass is 283 g/mol. The molecular weight excluding hydrogens is 258 g/mol. The van der Waals surface area contributed by atoms with Gasteiger partial charge in [0.2, 0.25) is 0 Å². The molecule has 19 heavy (non-hydrogen) atoms. The zero-order valence-corrected chi connectivity index (χ0v) is 13.3. The lowest BCUT2D eigenvalue weighted by Gasteiger charge is -2.38. The molecule has 4 nitrogen and oxygen atoms in total. The van der Waals surface area contributed by atoms with Crippen LogP contribution in [0.2, 0.25) is 0 Å². The van der Waals surface area contributed by atoms with E-state index in [9.17, 15) is 0 Å². The minimum Gasteiger partial charge on any atom is -0.372 e. The molecule has 1 N–H and O–H groups in total. The number of aromatic nitrogens is 1. The summed E-state index contributed by atoms with van der Waals surface area (Å²) in [5.74, 6) is 0. The first-order valence-electron chi connectivity index (χ1n) is 7.14. The van der Waals surface area contributed by atoms with Gasteiger partial charge >= 0.3 is 0 Å². The normalized spacial score (nSPS) is 18.8. The van der Waals surface area contributed by atoms with Crippen LogP contribution in [-0.4, -0.2) is 36.8 Å². The number of ether oxygens (including phenoxy) is 1. The maximum Gasteiger partial charge on any atom is 0.186 e. The van der Waals surface area contributed by atoms with E-state index in [0.717, 1.165) is 44.3 Å². The number of morpholine rings is 1. The van der Waals surface area contributed by atoms with Crippen LogP contribution in [0.25, 0.3) is 0 Å². The third kappa shape index (κ3) is 3.68. The Morgan fingerprint density at radius 1 is 1.42 bits per heavy atom. The van der Waals surface area contributed by atoms with E-state index < -0.39 is 0 Å². The van der Waals surface area contributed by atoms with Crippen LogP contribution < -0.4 is 10.2 Å². The van der Waals surface area contributed by atoms with Crippen LogP contribution in [0.5, 0.6) is 0 Å². The van der Waals surface area contributed by atoms with Gasteiger partial charge in [-0.2, -0.15) is 0 Å². The van der Waals surface area contributed by atoms with Crippen molar-refractivity contribution in [1.82, 2.24) is 10.3 Å². The highest BCUT2D eigenvalue weighted by molar-refractivity contribution is 7.15. The molecule has 5 heteroatoms. The Labute approximate surface area is 120 Å². The van der Waals surface area contributed by atoms with Crippen LogP contribution in [0, 0.1) is 0 Å². The maximum absolute atomic E-state index is 5.77. The minimum atomic E-state index is -0.0713. The third-order valence-electron chi connectivity index (χ3n) is 3.33. The Bertz CT molecular complexity index is 417. The summed E-state index contributed by atoms with van der Waals surface area (Å²) in [5, 5.41) is 4.55. The van der Waals surface area contributed by atoms with E-state index in [-0.39, 0.29) is 5.60 Å². The number of nitrogens with zero attached hydrogens (tertiary/aromatic N) is 2. The molecule has 108 valence electrons. The first-order valence-corrected chi connectivity index (χ1v) is 7.95. The molecule has 0 aromatic carbocycles. The molecule has 0 saturated carbocycles. The average molecular weight is 283 g/mol. The van der Waals surface area contributed by atoms with Gasteiger partial charge in [0.15, 0.2) is 5.13 Å². The second kappa shape index (κ2) is 6.20.